The highest BCUT2D eigenvalue weighted by molar-refractivity contribution is 5.82. The third-order valence-electron chi connectivity index (χ3n) is 4.32. The Morgan fingerprint density at radius 3 is 2.80 bits per heavy atom. The number of hydrogen-bond donors (Lipinski definition) is 1. The van der Waals surface area contributed by atoms with E-state index in [1.165, 1.54) is 32.1 Å². The van der Waals surface area contributed by atoms with E-state index in [1.807, 2.05) is 4.90 Å². The fraction of sp³-hybridized carbons (Fsp3) is 0.867. The van der Waals surface area contributed by atoms with Crippen LogP contribution in [-0.4, -0.2) is 49.6 Å². The topological polar surface area (TPSA) is 58.6 Å². The van der Waals surface area contributed by atoms with E-state index in [9.17, 15) is 9.59 Å². The van der Waals surface area contributed by atoms with Gasteiger partial charge >= 0.3 is 0 Å². The summed E-state index contributed by atoms with van der Waals surface area (Å²) in [5.41, 5.74) is 0. The molecule has 2 fully saturated rings. The molecule has 0 spiro atoms. The Morgan fingerprint density at radius 1 is 1.35 bits per heavy atom. The molecule has 20 heavy (non-hydrogen) atoms. The maximum atomic E-state index is 12.0. The number of carbonyl (C=O) groups excluding carboxylic acids is 2. The number of likely N-dealkylation sites (tertiary alicyclic amines) is 1. The standard InChI is InChI=1S/C15H26N2O3/c1-20-8-7-14(18)16-13-9-15(19)17(11-13)10-12-5-3-2-4-6-12/h12-13H,2-11H2,1H3,(H,16,18). The Hall–Kier alpha value is -1.10. The number of carbonyl (C=O) groups is 2. The molecule has 1 aliphatic heterocycles. The van der Waals surface area contributed by atoms with E-state index in [4.69, 9.17) is 4.74 Å². The van der Waals surface area contributed by atoms with Gasteiger partial charge in [-0.3, -0.25) is 9.59 Å². The third kappa shape index (κ3) is 4.47. The van der Waals surface area contributed by atoms with Crippen molar-refractivity contribution in [3.63, 3.8) is 0 Å². The molecule has 1 N–H and O–H groups in total. The monoisotopic (exact) mass is 282 g/mol. The molecule has 2 rings (SSSR count). The van der Waals surface area contributed by atoms with E-state index < -0.39 is 0 Å². The summed E-state index contributed by atoms with van der Waals surface area (Å²) >= 11 is 0. The lowest BCUT2D eigenvalue weighted by atomic mass is 9.89. The molecule has 0 aromatic carbocycles. The van der Waals surface area contributed by atoms with E-state index in [0.29, 0.717) is 31.9 Å². The largest absolute Gasteiger partial charge is 0.384 e. The first-order valence-corrected chi connectivity index (χ1v) is 7.75. The maximum Gasteiger partial charge on any atom is 0.224 e. The molecule has 0 bridgehead atoms. The van der Waals surface area contributed by atoms with Crippen LogP contribution in [-0.2, 0) is 14.3 Å². The zero-order valence-electron chi connectivity index (χ0n) is 12.4. The smallest absolute Gasteiger partial charge is 0.224 e. The van der Waals surface area contributed by atoms with Crippen LogP contribution in [0.4, 0.5) is 0 Å². The maximum absolute atomic E-state index is 12.0. The van der Waals surface area contributed by atoms with Gasteiger partial charge in [-0.2, -0.15) is 0 Å². The predicted molar refractivity (Wildman–Crippen MR) is 76.2 cm³/mol. The summed E-state index contributed by atoms with van der Waals surface area (Å²) in [6.45, 7) is 1.98. The van der Waals surface area contributed by atoms with Gasteiger partial charge in [0.15, 0.2) is 0 Å². The molecule has 1 saturated carbocycles. The number of nitrogens with one attached hydrogen (secondary N) is 1. The third-order valence-corrected chi connectivity index (χ3v) is 4.32. The summed E-state index contributed by atoms with van der Waals surface area (Å²) in [5, 5.41) is 2.93. The number of ether oxygens (including phenoxy) is 1. The molecule has 1 atom stereocenters. The number of hydrogen-bond acceptors (Lipinski definition) is 3. The van der Waals surface area contributed by atoms with Crippen molar-refractivity contribution >= 4 is 11.8 Å². The summed E-state index contributed by atoms with van der Waals surface area (Å²) in [6.07, 6.45) is 7.23. The van der Waals surface area contributed by atoms with E-state index in [0.717, 1.165) is 6.54 Å². The van der Waals surface area contributed by atoms with E-state index in [2.05, 4.69) is 5.32 Å². The van der Waals surface area contributed by atoms with Gasteiger partial charge in [-0.25, -0.2) is 0 Å². The second-order valence-corrected chi connectivity index (χ2v) is 6.01. The van der Waals surface area contributed by atoms with Gasteiger partial charge in [-0.05, 0) is 18.8 Å². The second kappa shape index (κ2) is 7.62. The predicted octanol–water partition coefficient (Wildman–Crippen LogP) is 1.32. The van der Waals surface area contributed by atoms with Crippen molar-refractivity contribution in [2.75, 3.05) is 26.8 Å². The Kier molecular flexibility index (Phi) is 5.83. The van der Waals surface area contributed by atoms with Crippen LogP contribution in [0.2, 0.25) is 0 Å². The molecule has 2 aliphatic rings. The van der Waals surface area contributed by atoms with Crippen LogP contribution in [0.25, 0.3) is 0 Å². The first kappa shape index (κ1) is 15.3. The van der Waals surface area contributed by atoms with E-state index in [1.54, 1.807) is 7.11 Å². The molecule has 114 valence electrons. The van der Waals surface area contributed by atoms with Crippen molar-refractivity contribution < 1.29 is 14.3 Å². The van der Waals surface area contributed by atoms with Crippen molar-refractivity contribution in [3.8, 4) is 0 Å². The average molecular weight is 282 g/mol. The second-order valence-electron chi connectivity index (χ2n) is 6.01. The molecule has 1 saturated heterocycles. The van der Waals surface area contributed by atoms with Gasteiger partial charge in [-0.15, -0.1) is 0 Å². The Bertz CT molecular complexity index is 340. The van der Waals surface area contributed by atoms with Crippen molar-refractivity contribution in [1.82, 2.24) is 10.2 Å². The molecule has 0 aromatic rings. The van der Waals surface area contributed by atoms with Gasteiger partial charge in [0.1, 0.15) is 0 Å². The Morgan fingerprint density at radius 2 is 2.10 bits per heavy atom. The van der Waals surface area contributed by atoms with Gasteiger partial charge in [0.05, 0.1) is 12.6 Å². The first-order chi connectivity index (χ1) is 9.69. The summed E-state index contributed by atoms with van der Waals surface area (Å²) in [7, 11) is 1.58. The molecule has 1 aliphatic carbocycles. The molecule has 1 heterocycles. The zero-order valence-corrected chi connectivity index (χ0v) is 12.4. The zero-order chi connectivity index (χ0) is 14.4. The minimum absolute atomic E-state index is 0.0181. The summed E-state index contributed by atoms with van der Waals surface area (Å²) in [6, 6.07) is -0.0181. The number of nitrogens with zero attached hydrogens (tertiary/aromatic N) is 1. The molecule has 0 radical (unpaired) electrons. The van der Waals surface area contributed by atoms with Gasteiger partial charge < -0.3 is 15.0 Å². The Balaban J connectivity index is 1.73. The summed E-state index contributed by atoms with van der Waals surface area (Å²) < 4.78 is 4.88. The van der Waals surface area contributed by atoms with Crippen LogP contribution >= 0.6 is 0 Å². The lowest BCUT2D eigenvalue weighted by Gasteiger charge is -2.27. The summed E-state index contributed by atoms with van der Waals surface area (Å²) in [4.78, 5) is 25.6. The lowest BCUT2D eigenvalue weighted by molar-refractivity contribution is -0.128. The molecule has 2 amide bonds. The normalized spacial score (nSPS) is 24.1. The highest BCUT2D eigenvalue weighted by atomic mass is 16.5. The molecular weight excluding hydrogens is 256 g/mol. The highest BCUT2D eigenvalue weighted by Crippen LogP contribution is 2.26. The van der Waals surface area contributed by atoms with Crippen molar-refractivity contribution in [2.45, 2.75) is 51.0 Å². The number of amides is 2. The quantitative estimate of drug-likeness (QED) is 0.799. The van der Waals surface area contributed by atoms with E-state index in [-0.39, 0.29) is 17.9 Å². The van der Waals surface area contributed by atoms with Crippen molar-refractivity contribution in [1.29, 1.82) is 0 Å². The van der Waals surface area contributed by atoms with E-state index >= 15 is 0 Å². The van der Waals surface area contributed by atoms with Crippen LogP contribution < -0.4 is 5.32 Å². The van der Waals surface area contributed by atoms with Gasteiger partial charge in [-0.1, -0.05) is 19.3 Å². The molecule has 5 nitrogen and oxygen atoms in total. The van der Waals surface area contributed by atoms with Crippen molar-refractivity contribution in [3.05, 3.63) is 0 Å². The number of rotatable bonds is 6. The van der Waals surface area contributed by atoms with Crippen LogP contribution in [0, 0.1) is 5.92 Å². The molecule has 0 aromatic heterocycles. The first-order valence-electron chi connectivity index (χ1n) is 7.75. The highest BCUT2D eigenvalue weighted by Gasteiger charge is 2.32. The average Bonchev–Trinajstić information content (AvgIpc) is 2.77. The summed E-state index contributed by atoms with van der Waals surface area (Å²) in [5.74, 6) is 0.826. The molecule has 1 unspecified atom stereocenters. The van der Waals surface area contributed by atoms with Crippen LogP contribution in [0.1, 0.15) is 44.9 Å². The SMILES string of the molecule is COCCC(=O)NC1CC(=O)N(CC2CCCCC2)C1. The Labute approximate surface area is 121 Å². The van der Waals surface area contributed by atoms with Gasteiger partial charge in [0.25, 0.3) is 0 Å². The lowest BCUT2D eigenvalue weighted by Crippen LogP contribution is -2.38. The van der Waals surface area contributed by atoms with Crippen LogP contribution in [0.15, 0.2) is 0 Å². The minimum atomic E-state index is -0.0239. The molecular formula is C15H26N2O3. The fourth-order valence-corrected chi connectivity index (χ4v) is 3.22. The van der Waals surface area contributed by atoms with Crippen LogP contribution in [0.3, 0.4) is 0 Å². The fourth-order valence-electron chi connectivity index (χ4n) is 3.22. The molecule has 5 heteroatoms. The van der Waals surface area contributed by atoms with Crippen molar-refractivity contribution in [2.24, 2.45) is 5.92 Å². The van der Waals surface area contributed by atoms with Gasteiger partial charge in [0.2, 0.25) is 11.8 Å². The van der Waals surface area contributed by atoms with Crippen LogP contribution in [0.5, 0.6) is 0 Å². The van der Waals surface area contributed by atoms with Gasteiger partial charge in [0, 0.05) is 33.0 Å². The number of methoxy groups -OCH3 is 1. The minimum Gasteiger partial charge on any atom is -0.384 e.